The van der Waals surface area contributed by atoms with E-state index in [0.29, 0.717) is 16.3 Å². The van der Waals surface area contributed by atoms with Crippen molar-refractivity contribution in [2.45, 2.75) is 26.4 Å². The number of thiazole rings is 1. The molecule has 0 atom stereocenters. The highest BCUT2D eigenvalue weighted by Crippen LogP contribution is 2.34. The van der Waals surface area contributed by atoms with Crippen molar-refractivity contribution < 1.29 is 13.2 Å². The fraction of sp³-hybridized carbons (Fsp3) is 0.211. The Morgan fingerprint density at radius 1 is 1.11 bits per heavy atom. The quantitative estimate of drug-likeness (QED) is 0.261. The lowest BCUT2D eigenvalue weighted by atomic mass is 10.1. The maximum atomic E-state index is 12.5. The van der Waals surface area contributed by atoms with Crippen LogP contribution < -0.4 is 10.9 Å². The Morgan fingerprint density at radius 3 is 2.22 bits per heavy atom. The van der Waals surface area contributed by atoms with Crippen LogP contribution in [0.3, 0.4) is 0 Å². The van der Waals surface area contributed by atoms with E-state index < -0.39 is 11.7 Å². The number of halogens is 3. The van der Waals surface area contributed by atoms with Gasteiger partial charge in [0.05, 0.1) is 15.8 Å². The van der Waals surface area contributed by atoms with Crippen LogP contribution in [-0.2, 0) is 6.18 Å². The topological polar surface area (TPSA) is 64.9 Å². The predicted molar refractivity (Wildman–Crippen MR) is 113 cm³/mol. The number of fused-ring (bicyclic) bond motifs is 1. The SMILES string of the molecule is CC=CCC.NS.Nc1ccc2nc(-c3ccc(C(F)(F)F)cc3)sc2c1. The van der Waals surface area contributed by atoms with Crippen molar-refractivity contribution >= 4 is 40.1 Å². The Balaban J connectivity index is 0.000000454. The van der Waals surface area contributed by atoms with Gasteiger partial charge in [-0.3, -0.25) is 5.14 Å². The van der Waals surface area contributed by atoms with Crippen LogP contribution in [0, 0.1) is 0 Å². The highest BCUT2D eigenvalue weighted by Gasteiger charge is 2.30. The van der Waals surface area contributed by atoms with Crippen LogP contribution in [0.25, 0.3) is 20.8 Å². The Morgan fingerprint density at radius 2 is 1.74 bits per heavy atom. The van der Waals surface area contributed by atoms with Gasteiger partial charge in [0.1, 0.15) is 5.01 Å². The fourth-order valence-electron chi connectivity index (χ4n) is 2.10. The third-order valence-electron chi connectivity index (χ3n) is 3.34. The lowest BCUT2D eigenvalue weighted by molar-refractivity contribution is -0.137. The summed E-state index contributed by atoms with van der Waals surface area (Å²) in [4.78, 5) is 4.40. The average molecular weight is 414 g/mol. The molecular formula is C19H22F3N3S2. The molecule has 27 heavy (non-hydrogen) atoms. The van der Waals surface area contributed by atoms with Crippen LogP contribution >= 0.6 is 24.2 Å². The monoisotopic (exact) mass is 413 g/mol. The maximum absolute atomic E-state index is 12.5. The van der Waals surface area contributed by atoms with Crippen LogP contribution in [0.1, 0.15) is 25.8 Å². The number of alkyl halides is 3. The Labute approximate surface area is 166 Å². The molecule has 0 bridgehead atoms. The van der Waals surface area contributed by atoms with E-state index in [1.807, 2.05) is 6.92 Å². The minimum Gasteiger partial charge on any atom is -0.399 e. The molecule has 1 aromatic heterocycles. The number of benzene rings is 2. The van der Waals surface area contributed by atoms with Gasteiger partial charge >= 0.3 is 6.18 Å². The zero-order chi connectivity index (χ0) is 20.4. The van der Waals surface area contributed by atoms with Gasteiger partial charge in [0.2, 0.25) is 0 Å². The van der Waals surface area contributed by atoms with Crippen LogP contribution in [0.15, 0.2) is 54.6 Å². The molecular weight excluding hydrogens is 391 g/mol. The van der Waals surface area contributed by atoms with Crippen molar-refractivity contribution in [3.05, 3.63) is 60.2 Å². The molecule has 146 valence electrons. The second-order valence-corrected chi connectivity index (χ2v) is 6.33. The van der Waals surface area contributed by atoms with E-state index in [2.05, 4.69) is 42.0 Å². The van der Waals surface area contributed by atoms with E-state index in [0.717, 1.165) is 28.8 Å². The van der Waals surface area contributed by atoms with E-state index in [-0.39, 0.29) is 0 Å². The summed E-state index contributed by atoms with van der Waals surface area (Å²) < 4.78 is 38.4. The predicted octanol–water partition coefficient (Wildman–Crippen LogP) is 6.33. The molecule has 0 fully saturated rings. The highest BCUT2D eigenvalue weighted by molar-refractivity contribution is 7.77. The summed E-state index contributed by atoms with van der Waals surface area (Å²) in [6.45, 7) is 4.16. The summed E-state index contributed by atoms with van der Waals surface area (Å²) in [7, 11) is 0. The Hall–Kier alpha value is -2.03. The number of anilines is 1. The molecule has 0 saturated heterocycles. The van der Waals surface area contributed by atoms with Crippen molar-refractivity contribution in [1.29, 1.82) is 0 Å². The standard InChI is InChI=1S/C14H9F3N2S.C5H10.H3NS/c15-14(16,17)9-3-1-8(2-4-9)13-19-11-6-5-10(18)7-12(11)20-13;1-3-5-4-2;1-2/h1-7H,18H2;3,5H,4H2,1-2H3;2H,1H2. The second kappa shape index (κ2) is 11.0. The number of thiol groups is 1. The summed E-state index contributed by atoms with van der Waals surface area (Å²) in [5.74, 6) is 0. The van der Waals surface area contributed by atoms with Gasteiger partial charge in [0.15, 0.2) is 0 Å². The molecule has 8 heteroatoms. The van der Waals surface area contributed by atoms with Gasteiger partial charge < -0.3 is 5.73 Å². The highest BCUT2D eigenvalue weighted by atomic mass is 32.1. The molecule has 0 spiro atoms. The van der Waals surface area contributed by atoms with E-state index in [9.17, 15) is 13.2 Å². The van der Waals surface area contributed by atoms with Gasteiger partial charge in [-0.1, -0.05) is 31.2 Å². The number of rotatable bonds is 2. The van der Waals surface area contributed by atoms with Crippen molar-refractivity contribution in [2.75, 3.05) is 5.73 Å². The molecule has 3 nitrogen and oxygen atoms in total. The lowest BCUT2D eigenvalue weighted by Gasteiger charge is -2.06. The first-order valence-corrected chi connectivity index (χ1v) is 9.39. The van der Waals surface area contributed by atoms with Gasteiger partial charge in [-0.15, -0.1) is 24.2 Å². The molecule has 0 radical (unpaired) electrons. The summed E-state index contributed by atoms with van der Waals surface area (Å²) in [5, 5.41) is 4.87. The van der Waals surface area contributed by atoms with E-state index in [1.165, 1.54) is 23.5 Å². The first-order chi connectivity index (χ1) is 12.8. The molecule has 0 saturated carbocycles. The van der Waals surface area contributed by atoms with E-state index >= 15 is 0 Å². The number of nitrogens with zero attached hydrogens (tertiary/aromatic N) is 1. The molecule has 0 aliphatic heterocycles. The Bertz CT molecular complexity index is 857. The minimum atomic E-state index is -4.32. The average Bonchev–Trinajstić information content (AvgIpc) is 3.07. The lowest BCUT2D eigenvalue weighted by Crippen LogP contribution is -2.03. The van der Waals surface area contributed by atoms with Crippen molar-refractivity contribution in [2.24, 2.45) is 5.14 Å². The molecule has 3 rings (SSSR count). The molecule has 0 amide bonds. The number of nitrogen functional groups attached to an aromatic ring is 1. The van der Waals surface area contributed by atoms with E-state index in [1.54, 1.807) is 18.2 Å². The van der Waals surface area contributed by atoms with Crippen molar-refractivity contribution in [3.8, 4) is 10.6 Å². The molecule has 2 aromatic carbocycles. The first kappa shape index (κ1) is 23.0. The molecule has 0 aliphatic rings. The summed E-state index contributed by atoms with van der Waals surface area (Å²) in [6, 6.07) is 10.4. The summed E-state index contributed by atoms with van der Waals surface area (Å²) >= 11 is 4.43. The molecule has 0 unspecified atom stereocenters. The normalized spacial score (nSPS) is 10.9. The van der Waals surface area contributed by atoms with Crippen LogP contribution in [0.2, 0.25) is 0 Å². The largest absolute Gasteiger partial charge is 0.416 e. The van der Waals surface area contributed by atoms with Gasteiger partial charge in [0.25, 0.3) is 0 Å². The fourth-order valence-corrected chi connectivity index (χ4v) is 3.12. The number of hydrogen-bond acceptors (Lipinski definition) is 5. The van der Waals surface area contributed by atoms with Crippen molar-refractivity contribution in [3.63, 3.8) is 0 Å². The van der Waals surface area contributed by atoms with Crippen LogP contribution in [0.4, 0.5) is 18.9 Å². The summed E-state index contributed by atoms with van der Waals surface area (Å²) in [6.07, 6.45) is 1.02. The van der Waals surface area contributed by atoms with Gasteiger partial charge in [-0.25, -0.2) is 4.98 Å². The van der Waals surface area contributed by atoms with Crippen molar-refractivity contribution in [1.82, 2.24) is 4.98 Å². The molecule has 4 N–H and O–H groups in total. The third kappa shape index (κ3) is 6.89. The Kier molecular flexibility index (Phi) is 9.34. The van der Waals surface area contributed by atoms with Crippen LogP contribution in [-0.4, -0.2) is 4.98 Å². The molecule has 1 heterocycles. The second-order valence-electron chi connectivity index (χ2n) is 5.30. The number of allylic oxidation sites excluding steroid dienone is 2. The van der Waals surface area contributed by atoms with Gasteiger partial charge in [0, 0.05) is 11.3 Å². The van der Waals surface area contributed by atoms with Gasteiger partial charge in [-0.05, 0) is 43.7 Å². The molecule has 0 aliphatic carbocycles. The number of aromatic nitrogens is 1. The first-order valence-electron chi connectivity index (χ1n) is 8.05. The zero-order valence-electron chi connectivity index (χ0n) is 15.0. The third-order valence-corrected chi connectivity index (χ3v) is 4.41. The number of nitrogens with two attached hydrogens (primary N) is 2. The zero-order valence-corrected chi connectivity index (χ0v) is 16.7. The number of hydrogen-bond donors (Lipinski definition) is 3. The van der Waals surface area contributed by atoms with Crippen LogP contribution in [0.5, 0.6) is 0 Å². The summed E-state index contributed by atoms with van der Waals surface area (Å²) in [5.41, 5.74) is 7.13. The smallest absolute Gasteiger partial charge is 0.399 e. The van der Waals surface area contributed by atoms with Gasteiger partial charge in [-0.2, -0.15) is 13.2 Å². The van der Waals surface area contributed by atoms with E-state index in [4.69, 9.17) is 5.73 Å². The molecule has 3 aromatic rings. The maximum Gasteiger partial charge on any atom is 0.416 e. The minimum absolute atomic E-state index is 0.639.